The molecule has 3 heteroatoms. The first-order chi connectivity index (χ1) is 3.31. The molecule has 40 valence electrons. The summed E-state index contributed by atoms with van der Waals surface area (Å²) in [6, 6.07) is 0. The minimum atomic E-state index is -0.269. The molecular formula is C4H8O2Si. The van der Waals surface area contributed by atoms with Crippen LogP contribution in [-0.4, -0.2) is 23.3 Å². The molecular weight excluding hydrogens is 108 g/mol. The second-order valence-corrected chi connectivity index (χ2v) is 1.69. The number of methoxy groups -OCH3 is 1. The van der Waals surface area contributed by atoms with Crippen molar-refractivity contribution >= 4 is 16.2 Å². The lowest BCUT2D eigenvalue weighted by molar-refractivity contribution is -0.134. The molecule has 0 aliphatic rings. The van der Waals surface area contributed by atoms with Gasteiger partial charge in [0.2, 0.25) is 0 Å². The van der Waals surface area contributed by atoms with Gasteiger partial charge in [-0.15, -0.1) is 0 Å². The van der Waals surface area contributed by atoms with Gasteiger partial charge in [0, 0.05) is 16.3 Å². The Bertz CT molecular complexity index is 87.7. The molecule has 0 aliphatic carbocycles. The number of carbonyl (C=O) groups excluding carboxylic acids is 1. The maximum Gasteiger partial charge on any atom is 0.329 e. The van der Waals surface area contributed by atoms with Crippen LogP contribution < -0.4 is 0 Å². The van der Waals surface area contributed by atoms with Gasteiger partial charge in [-0.25, -0.2) is 4.79 Å². The number of rotatable bonds is 1. The Morgan fingerprint density at radius 2 is 2.43 bits per heavy atom. The van der Waals surface area contributed by atoms with Crippen LogP contribution in [0.4, 0.5) is 0 Å². The van der Waals surface area contributed by atoms with E-state index in [1.807, 2.05) is 0 Å². The van der Waals surface area contributed by atoms with Crippen molar-refractivity contribution in [2.75, 3.05) is 7.11 Å². The summed E-state index contributed by atoms with van der Waals surface area (Å²) in [7, 11) is 2.28. The number of esters is 1. The van der Waals surface area contributed by atoms with Crippen molar-refractivity contribution < 1.29 is 9.53 Å². The number of ether oxygens (including phenoxy) is 1. The van der Waals surface area contributed by atoms with Crippen LogP contribution in [-0.2, 0) is 9.53 Å². The Morgan fingerprint density at radius 3 is 2.57 bits per heavy atom. The first-order valence-corrected chi connectivity index (χ1v) is 3.17. The van der Waals surface area contributed by atoms with Crippen LogP contribution in [0.5, 0.6) is 0 Å². The average molecular weight is 116 g/mol. The lowest BCUT2D eigenvalue weighted by Gasteiger charge is -1.84. The maximum absolute atomic E-state index is 10.1. The minimum absolute atomic E-state index is 0.269. The molecule has 0 amide bonds. The summed E-state index contributed by atoms with van der Waals surface area (Å²) in [6.45, 7) is 0. The SMILES string of the molecule is COC(=O)C=C[SiH3]. The summed E-state index contributed by atoms with van der Waals surface area (Å²) in [5.74, 6) is -0.269. The lowest BCUT2D eigenvalue weighted by Crippen LogP contribution is -1.92. The summed E-state index contributed by atoms with van der Waals surface area (Å²) in [6.07, 6.45) is 1.42. The predicted molar refractivity (Wildman–Crippen MR) is 31.1 cm³/mol. The van der Waals surface area contributed by atoms with Crippen molar-refractivity contribution in [3.63, 3.8) is 0 Å². The number of hydrogen-bond donors (Lipinski definition) is 0. The van der Waals surface area contributed by atoms with E-state index in [4.69, 9.17) is 0 Å². The van der Waals surface area contributed by atoms with E-state index < -0.39 is 0 Å². The van der Waals surface area contributed by atoms with Gasteiger partial charge in [-0.2, -0.15) is 0 Å². The Morgan fingerprint density at radius 1 is 1.86 bits per heavy atom. The van der Waals surface area contributed by atoms with Gasteiger partial charge in [-0.3, -0.25) is 0 Å². The van der Waals surface area contributed by atoms with Gasteiger partial charge >= 0.3 is 5.97 Å². The van der Waals surface area contributed by atoms with Crippen molar-refractivity contribution in [1.29, 1.82) is 0 Å². The highest BCUT2D eigenvalue weighted by molar-refractivity contribution is 6.18. The average Bonchev–Trinajstić information content (AvgIpc) is 1.68. The molecule has 0 aromatic rings. The summed E-state index contributed by atoms with van der Waals surface area (Å²) in [4.78, 5) is 10.1. The van der Waals surface area contributed by atoms with Crippen molar-refractivity contribution in [2.45, 2.75) is 0 Å². The second-order valence-electron chi connectivity index (χ2n) is 1.02. The zero-order chi connectivity index (χ0) is 5.70. The quantitative estimate of drug-likeness (QED) is 0.250. The van der Waals surface area contributed by atoms with Gasteiger partial charge < -0.3 is 4.74 Å². The van der Waals surface area contributed by atoms with Gasteiger partial charge in [0.1, 0.15) is 0 Å². The van der Waals surface area contributed by atoms with E-state index in [0.717, 1.165) is 10.2 Å². The standard InChI is InChI=1S/C4H8O2Si/c1-6-4(5)2-3-7/h2-3H,1,7H3. The van der Waals surface area contributed by atoms with Crippen molar-refractivity contribution in [2.24, 2.45) is 0 Å². The van der Waals surface area contributed by atoms with Crippen molar-refractivity contribution in [1.82, 2.24) is 0 Å². The molecule has 0 fully saturated rings. The first kappa shape index (κ1) is 6.43. The molecule has 0 spiro atoms. The highest BCUT2D eigenvalue weighted by atomic mass is 28.1. The molecule has 0 radical (unpaired) electrons. The van der Waals surface area contributed by atoms with Gasteiger partial charge in [0.05, 0.1) is 7.11 Å². The normalized spacial score (nSPS) is 9.86. The summed E-state index contributed by atoms with van der Waals surface area (Å²) in [5.41, 5.74) is 1.77. The Kier molecular flexibility index (Phi) is 3.32. The van der Waals surface area contributed by atoms with Crippen LogP contribution in [0.2, 0.25) is 0 Å². The van der Waals surface area contributed by atoms with E-state index >= 15 is 0 Å². The highest BCUT2D eigenvalue weighted by Gasteiger charge is 1.84. The van der Waals surface area contributed by atoms with E-state index in [1.54, 1.807) is 5.70 Å². The van der Waals surface area contributed by atoms with Gasteiger partial charge in [0.25, 0.3) is 0 Å². The van der Waals surface area contributed by atoms with Gasteiger partial charge in [0.15, 0.2) is 0 Å². The molecule has 0 saturated carbocycles. The second kappa shape index (κ2) is 3.61. The van der Waals surface area contributed by atoms with Gasteiger partial charge in [-0.1, -0.05) is 5.70 Å². The molecule has 7 heavy (non-hydrogen) atoms. The molecule has 0 unspecified atom stereocenters. The minimum Gasteiger partial charge on any atom is -0.466 e. The van der Waals surface area contributed by atoms with E-state index in [9.17, 15) is 4.79 Å². The highest BCUT2D eigenvalue weighted by Crippen LogP contribution is 1.71. The van der Waals surface area contributed by atoms with E-state index in [0.29, 0.717) is 0 Å². The molecule has 0 heterocycles. The fourth-order valence-corrected chi connectivity index (χ4v) is 0.476. The fourth-order valence-electron chi connectivity index (χ4n) is 0.204. The van der Waals surface area contributed by atoms with E-state index in [1.165, 1.54) is 13.2 Å². The fraction of sp³-hybridized carbons (Fsp3) is 0.250. The van der Waals surface area contributed by atoms with Crippen LogP contribution in [0.1, 0.15) is 0 Å². The summed E-state index contributed by atoms with van der Waals surface area (Å²) in [5, 5.41) is 0. The lowest BCUT2D eigenvalue weighted by atomic mass is 10.7. The molecule has 0 atom stereocenters. The van der Waals surface area contributed by atoms with Crippen LogP contribution in [0.15, 0.2) is 11.8 Å². The maximum atomic E-state index is 10.1. The largest absolute Gasteiger partial charge is 0.466 e. The molecule has 0 rings (SSSR count). The molecule has 0 aliphatic heterocycles. The zero-order valence-corrected chi connectivity index (χ0v) is 6.47. The molecule has 0 bridgehead atoms. The van der Waals surface area contributed by atoms with Gasteiger partial charge in [-0.05, 0) is 0 Å². The predicted octanol–water partition coefficient (Wildman–Crippen LogP) is -0.962. The van der Waals surface area contributed by atoms with Crippen LogP contribution in [0, 0.1) is 0 Å². The Balaban J connectivity index is 3.37. The van der Waals surface area contributed by atoms with Crippen LogP contribution >= 0.6 is 0 Å². The third-order valence-electron chi connectivity index (χ3n) is 0.504. The Hall–Kier alpha value is -0.573. The van der Waals surface area contributed by atoms with Crippen LogP contribution in [0.3, 0.4) is 0 Å². The molecule has 0 saturated heterocycles. The number of hydrogen-bond acceptors (Lipinski definition) is 2. The molecule has 2 nitrogen and oxygen atoms in total. The third-order valence-corrected chi connectivity index (χ3v) is 0.837. The topological polar surface area (TPSA) is 26.3 Å². The third kappa shape index (κ3) is 3.25. The van der Waals surface area contributed by atoms with E-state index in [2.05, 4.69) is 4.74 Å². The molecule has 0 aromatic carbocycles. The van der Waals surface area contributed by atoms with Crippen molar-refractivity contribution in [3.05, 3.63) is 11.8 Å². The van der Waals surface area contributed by atoms with Crippen LogP contribution in [0.25, 0.3) is 0 Å². The first-order valence-electron chi connectivity index (χ1n) is 2.02. The molecule has 0 aromatic heterocycles. The number of carbonyl (C=O) groups is 1. The zero-order valence-electron chi connectivity index (χ0n) is 4.47. The summed E-state index contributed by atoms with van der Waals surface area (Å²) < 4.78 is 4.29. The summed E-state index contributed by atoms with van der Waals surface area (Å²) >= 11 is 0. The monoisotopic (exact) mass is 116 g/mol. The molecule has 0 N–H and O–H groups in total. The Labute approximate surface area is 45.6 Å². The van der Waals surface area contributed by atoms with E-state index in [-0.39, 0.29) is 5.97 Å². The van der Waals surface area contributed by atoms with Crippen molar-refractivity contribution in [3.8, 4) is 0 Å². The smallest absolute Gasteiger partial charge is 0.329 e.